The first-order valence-electron chi connectivity index (χ1n) is 4.34. The fourth-order valence-electron chi connectivity index (χ4n) is 1.16. The third kappa shape index (κ3) is 2.79. The quantitative estimate of drug-likeness (QED) is 0.842. The standard InChI is InChI=1S/C9H12ClN3O2/c1-5-11-6(4-7(14)15)8(10)9(12-5)13(2)3/h4H2,1-3H3,(H,14,15). The predicted octanol–water partition coefficient (Wildman–Crippen LogP) is 1.13. The van der Waals surface area contributed by atoms with E-state index in [1.807, 2.05) is 0 Å². The minimum Gasteiger partial charge on any atom is -0.481 e. The van der Waals surface area contributed by atoms with Crippen LogP contribution in [-0.4, -0.2) is 35.1 Å². The summed E-state index contributed by atoms with van der Waals surface area (Å²) in [5.74, 6) is 0.0967. The van der Waals surface area contributed by atoms with Gasteiger partial charge in [0.1, 0.15) is 10.8 Å². The third-order valence-corrected chi connectivity index (χ3v) is 2.14. The molecule has 1 N–H and O–H groups in total. The molecule has 0 saturated carbocycles. The summed E-state index contributed by atoms with van der Waals surface area (Å²) in [7, 11) is 3.58. The van der Waals surface area contributed by atoms with Gasteiger partial charge in [0.2, 0.25) is 0 Å². The average Bonchev–Trinajstić information content (AvgIpc) is 2.09. The Labute approximate surface area is 92.7 Å². The Bertz CT molecular complexity index is 393. The Hall–Kier alpha value is -1.36. The number of carbonyl (C=O) groups is 1. The van der Waals surface area contributed by atoms with Crippen molar-refractivity contribution in [1.29, 1.82) is 0 Å². The lowest BCUT2D eigenvalue weighted by atomic mass is 10.3. The third-order valence-electron chi connectivity index (χ3n) is 1.76. The number of hydrogen-bond acceptors (Lipinski definition) is 4. The first-order valence-corrected chi connectivity index (χ1v) is 4.71. The van der Waals surface area contributed by atoms with Crippen molar-refractivity contribution in [3.63, 3.8) is 0 Å². The monoisotopic (exact) mass is 229 g/mol. The first kappa shape index (κ1) is 11.7. The van der Waals surface area contributed by atoms with Gasteiger partial charge in [-0.3, -0.25) is 4.79 Å². The van der Waals surface area contributed by atoms with E-state index in [2.05, 4.69) is 9.97 Å². The molecular formula is C9H12ClN3O2. The fourth-order valence-corrected chi connectivity index (χ4v) is 1.48. The summed E-state index contributed by atoms with van der Waals surface area (Å²) in [5.41, 5.74) is 0.348. The molecule has 0 atom stereocenters. The van der Waals surface area contributed by atoms with E-state index in [1.54, 1.807) is 25.9 Å². The molecule has 6 heteroatoms. The maximum absolute atomic E-state index is 10.6. The summed E-state index contributed by atoms with van der Waals surface area (Å²) in [6.45, 7) is 1.70. The number of rotatable bonds is 3. The van der Waals surface area contributed by atoms with E-state index in [9.17, 15) is 4.79 Å². The highest BCUT2D eigenvalue weighted by Gasteiger charge is 2.14. The topological polar surface area (TPSA) is 66.3 Å². The van der Waals surface area contributed by atoms with Gasteiger partial charge in [-0.2, -0.15) is 0 Å². The van der Waals surface area contributed by atoms with Crippen molar-refractivity contribution < 1.29 is 9.90 Å². The Kier molecular flexibility index (Phi) is 3.47. The molecule has 1 heterocycles. The maximum atomic E-state index is 10.6. The van der Waals surface area contributed by atoms with Gasteiger partial charge >= 0.3 is 5.97 Å². The normalized spacial score (nSPS) is 10.1. The highest BCUT2D eigenvalue weighted by atomic mass is 35.5. The first-order chi connectivity index (χ1) is 6.91. The number of halogens is 1. The largest absolute Gasteiger partial charge is 0.481 e. The molecule has 1 rings (SSSR count). The molecule has 1 aromatic rings. The van der Waals surface area contributed by atoms with Gasteiger partial charge in [0, 0.05) is 14.1 Å². The van der Waals surface area contributed by atoms with Gasteiger partial charge in [-0.05, 0) is 6.92 Å². The average molecular weight is 230 g/mol. The lowest BCUT2D eigenvalue weighted by Gasteiger charge is -2.15. The molecule has 0 bridgehead atoms. The second-order valence-corrected chi connectivity index (χ2v) is 3.70. The van der Waals surface area contributed by atoms with E-state index in [0.717, 1.165) is 0 Å². The number of hydrogen-bond donors (Lipinski definition) is 1. The summed E-state index contributed by atoms with van der Waals surface area (Å²) >= 11 is 5.99. The zero-order valence-corrected chi connectivity index (χ0v) is 9.54. The molecule has 0 amide bonds. The minimum absolute atomic E-state index is 0.191. The van der Waals surface area contributed by atoms with Crippen LogP contribution >= 0.6 is 11.6 Å². The zero-order valence-electron chi connectivity index (χ0n) is 8.78. The van der Waals surface area contributed by atoms with Crippen molar-refractivity contribution in [1.82, 2.24) is 9.97 Å². The lowest BCUT2D eigenvalue weighted by Crippen LogP contribution is -2.15. The van der Waals surface area contributed by atoms with Crippen LogP contribution < -0.4 is 4.90 Å². The van der Waals surface area contributed by atoms with E-state index in [4.69, 9.17) is 16.7 Å². The summed E-state index contributed by atoms with van der Waals surface area (Å²) in [4.78, 5) is 20.4. The van der Waals surface area contributed by atoms with Gasteiger partial charge in [0.15, 0.2) is 5.82 Å². The van der Waals surface area contributed by atoms with Crippen molar-refractivity contribution >= 4 is 23.4 Å². The Balaban J connectivity index is 3.21. The molecule has 15 heavy (non-hydrogen) atoms. The van der Waals surface area contributed by atoms with E-state index in [1.165, 1.54) is 0 Å². The number of carboxylic acid groups (broad SMARTS) is 1. The summed E-state index contributed by atoms with van der Waals surface area (Å²) < 4.78 is 0. The maximum Gasteiger partial charge on any atom is 0.309 e. The van der Waals surface area contributed by atoms with E-state index in [-0.39, 0.29) is 6.42 Å². The Morgan fingerprint density at radius 3 is 2.53 bits per heavy atom. The SMILES string of the molecule is Cc1nc(CC(=O)O)c(Cl)c(N(C)C)n1. The van der Waals surface area contributed by atoms with Gasteiger partial charge < -0.3 is 10.0 Å². The Morgan fingerprint density at radius 1 is 1.47 bits per heavy atom. The smallest absolute Gasteiger partial charge is 0.309 e. The van der Waals surface area contributed by atoms with Crippen LogP contribution in [0.25, 0.3) is 0 Å². The van der Waals surface area contributed by atoms with Crippen LogP contribution in [0.4, 0.5) is 5.82 Å². The van der Waals surface area contributed by atoms with Crippen LogP contribution in [0.5, 0.6) is 0 Å². The molecule has 0 saturated heterocycles. The van der Waals surface area contributed by atoms with Crippen LogP contribution in [0.3, 0.4) is 0 Å². The van der Waals surface area contributed by atoms with Crippen molar-refractivity contribution in [2.75, 3.05) is 19.0 Å². The lowest BCUT2D eigenvalue weighted by molar-refractivity contribution is -0.136. The van der Waals surface area contributed by atoms with Crippen molar-refractivity contribution in [3.8, 4) is 0 Å². The second-order valence-electron chi connectivity index (χ2n) is 3.32. The van der Waals surface area contributed by atoms with Crippen LogP contribution in [0, 0.1) is 6.92 Å². The van der Waals surface area contributed by atoms with E-state index < -0.39 is 5.97 Å². The van der Waals surface area contributed by atoms with Gasteiger partial charge in [-0.15, -0.1) is 0 Å². The van der Waals surface area contributed by atoms with E-state index in [0.29, 0.717) is 22.4 Å². The number of aromatic nitrogens is 2. The van der Waals surface area contributed by atoms with Crippen molar-refractivity contribution in [2.24, 2.45) is 0 Å². The van der Waals surface area contributed by atoms with E-state index >= 15 is 0 Å². The van der Waals surface area contributed by atoms with Crippen molar-refractivity contribution in [3.05, 3.63) is 16.5 Å². The van der Waals surface area contributed by atoms with Crippen molar-refractivity contribution in [2.45, 2.75) is 13.3 Å². The van der Waals surface area contributed by atoms with Crippen LogP contribution in [0.15, 0.2) is 0 Å². The molecule has 0 aliphatic rings. The second kappa shape index (κ2) is 4.44. The van der Waals surface area contributed by atoms with Crippen LogP contribution in [0.2, 0.25) is 5.02 Å². The summed E-state index contributed by atoms with van der Waals surface area (Å²) in [6.07, 6.45) is -0.191. The molecule has 82 valence electrons. The minimum atomic E-state index is -0.959. The fraction of sp³-hybridized carbons (Fsp3) is 0.444. The number of aryl methyl sites for hydroxylation is 1. The summed E-state index contributed by atoms with van der Waals surface area (Å²) in [6, 6.07) is 0. The molecular weight excluding hydrogens is 218 g/mol. The molecule has 0 aliphatic carbocycles. The number of anilines is 1. The highest BCUT2D eigenvalue weighted by Crippen LogP contribution is 2.25. The zero-order chi connectivity index (χ0) is 11.6. The molecule has 5 nitrogen and oxygen atoms in total. The van der Waals surface area contributed by atoms with Gasteiger partial charge in [-0.1, -0.05) is 11.6 Å². The number of aliphatic carboxylic acids is 1. The van der Waals surface area contributed by atoms with Gasteiger partial charge in [0.05, 0.1) is 12.1 Å². The molecule has 0 spiro atoms. The van der Waals surface area contributed by atoms with Crippen LogP contribution in [-0.2, 0) is 11.2 Å². The molecule has 0 aromatic carbocycles. The number of carboxylic acids is 1. The molecule has 0 radical (unpaired) electrons. The molecule has 0 aliphatic heterocycles. The molecule has 0 fully saturated rings. The summed E-state index contributed by atoms with van der Waals surface area (Å²) in [5, 5.41) is 8.98. The highest BCUT2D eigenvalue weighted by molar-refractivity contribution is 6.33. The number of nitrogens with zero attached hydrogens (tertiary/aromatic N) is 3. The van der Waals surface area contributed by atoms with Crippen LogP contribution in [0.1, 0.15) is 11.5 Å². The molecule has 1 aromatic heterocycles. The molecule has 0 unspecified atom stereocenters. The Morgan fingerprint density at radius 2 is 2.07 bits per heavy atom. The predicted molar refractivity (Wildman–Crippen MR) is 57.4 cm³/mol. The van der Waals surface area contributed by atoms with Gasteiger partial charge in [-0.25, -0.2) is 9.97 Å². The van der Waals surface area contributed by atoms with Gasteiger partial charge in [0.25, 0.3) is 0 Å².